The zero-order chi connectivity index (χ0) is 95.1. The maximum absolute atomic E-state index is 13.7. The van der Waals surface area contributed by atoms with Crippen molar-refractivity contribution in [2.75, 3.05) is 9.80 Å². The third-order valence-electron chi connectivity index (χ3n) is 29.3. The molecule has 0 unspecified atom stereocenters. The molecule has 0 saturated carbocycles. The molecule has 33 rings (SSSR count). The van der Waals surface area contributed by atoms with Gasteiger partial charge in [-0.1, -0.05) is 255 Å². The molecule has 145 heavy (non-hydrogen) atoms. The number of hydrogen-bond donors (Lipinski definition) is 0. The Bertz CT molecular complexity index is 11100. The molecule has 0 atom stereocenters. The summed E-state index contributed by atoms with van der Waals surface area (Å²) in [5.41, 5.74) is 29.0. The van der Waals surface area contributed by atoms with E-state index in [0.717, 1.165) is 223 Å². The predicted molar refractivity (Wildman–Crippen MR) is 586 cm³/mol. The van der Waals surface area contributed by atoms with Crippen LogP contribution in [0.2, 0.25) is 0 Å². The summed E-state index contributed by atoms with van der Waals surface area (Å²) in [6, 6.07) is 154. The summed E-state index contributed by atoms with van der Waals surface area (Å²) in [4.78, 5) is 41.5. The van der Waals surface area contributed by atoms with Crippen LogP contribution in [-0.2, 0) is 9.84 Å². The van der Waals surface area contributed by atoms with Crippen LogP contribution < -0.4 is 14.5 Å². The van der Waals surface area contributed by atoms with E-state index >= 15 is 0 Å². The van der Waals surface area contributed by atoms with E-state index in [1.807, 2.05) is 120 Å². The largest absolute Gasteiger partial charge is 0.453 e. The SMILES string of the molecule is O=S1(=O)c2ccccc2N(c2ccc3c4ccccc4n(-c4nc5ccccc5c5nc6ccccc6n45)c3c2)c2ccccc21.c1ccc2c(c1)Oc1ccccc1N2c1ccc2c3ccccc3n(-c3nc4ccccc4c4nc5ccccc5n34)c2c1.c1ccc2c(c1)ccc1c2c2ccc(-c3ccc4c5ccccc5n(-c5nc6ccccc6c6nc7ccccc7n56)c4c3)cc2n2c3ccccc3nc12. The van der Waals surface area contributed by atoms with Crippen molar-refractivity contribution >= 4 is 241 Å². The summed E-state index contributed by atoms with van der Waals surface area (Å²) in [5, 5.41) is 15.9. The van der Waals surface area contributed by atoms with Crippen LogP contribution in [0.5, 0.6) is 11.5 Å². The van der Waals surface area contributed by atoms with Gasteiger partial charge in [-0.3, -0.25) is 31.3 Å². The van der Waals surface area contributed by atoms with Crippen molar-refractivity contribution in [2.24, 2.45) is 0 Å². The Balaban J connectivity index is 0.0000000998. The topological polar surface area (TPSA) is 173 Å². The molecule has 0 bridgehead atoms. The Morgan fingerprint density at radius 3 is 0.931 bits per heavy atom. The van der Waals surface area contributed by atoms with Crippen LogP contribution in [0, 0.1) is 0 Å². The van der Waals surface area contributed by atoms with Crippen LogP contribution in [0.15, 0.2) is 459 Å². The average Bonchev–Trinajstić information content (AvgIpc) is 1.64. The minimum Gasteiger partial charge on any atom is -0.453 e. The summed E-state index contributed by atoms with van der Waals surface area (Å²) < 4.78 is 49.5. The van der Waals surface area contributed by atoms with Gasteiger partial charge in [0.1, 0.15) is 22.6 Å². The van der Waals surface area contributed by atoms with Crippen molar-refractivity contribution in [3.63, 3.8) is 0 Å². The number of nitrogens with zero attached hydrogens (tertiary/aromatic N) is 16. The maximum Gasteiger partial charge on any atom is 0.221 e. The van der Waals surface area contributed by atoms with Crippen LogP contribution in [0.1, 0.15) is 0 Å². The molecule has 13 heterocycles. The second kappa shape index (κ2) is 30.7. The van der Waals surface area contributed by atoms with E-state index in [0.29, 0.717) is 11.4 Å². The second-order valence-corrected chi connectivity index (χ2v) is 39.0. The van der Waals surface area contributed by atoms with Gasteiger partial charge in [0.25, 0.3) is 0 Å². The van der Waals surface area contributed by atoms with Crippen LogP contribution in [-0.4, -0.2) is 74.6 Å². The monoisotopic (exact) mass is 1880 g/mol. The molecule has 0 spiro atoms. The van der Waals surface area contributed by atoms with Crippen LogP contribution in [0.25, 0.3) is 226 Å². The molecule has 2 aliphatic rings. The first-order valence-corrected chi connectivity index (χ1v) is 49.8. The molecule has 0 aliphatic carbocycles. The molecule has 0 fully saturated rings. The van der Waals surface area contributed by atoms with Crippen LogP contribution in [0.4, 0.5) is 34.1 Å². The lowest BCUT2D eigenvalue weighted by atomic mass is 9.96. The van der Waals surface area contributed by atoms with E-state index in [1.54, 1.807) is 24.3 Å². The highest BCUT2D eigenvalue weighted by molar-refractivity contribution is 7.92. The molecule has 2 aliphatic heterocycles. The normalized spacial score (nSPS) is 13.0. The number of aromatic nitrogens is 14. The highest BCUT2D eigenvalue weighted by Crippen LogP contribution is 2.54. The summed E-state index contributed by atoms with van der Waals surface area (Å²) in [5.74, 6) is 4.00. The van der Waals surface area contributed by atoms with Gasteiger partial charge in [-0.25, -0.2) is 43.3 Å². The number of sulfone groups is 1. The third kappa shape index (κ3) is 11.7. The Morgan fingerprint density at radius 1 is 0.200 bits per heavy atom. The van der Waals surface area contributed by atoms with E-state index in [-0.39, 0.29) is 9.79 Å². The van der Waals surface area contributed by atoms with E-state index in [4.69, 9.17) is 39.6 Å². The van der Waals surface area contributed by atoms with Gasteiger partial charge in [0.2, 0.25) is 27.7 Å². The Kier molecular flexibility index (Phi) is 17.0. The zero-order valence-corrected chi connectivity index (χ0v) is 77.8. The quantitative estimate of drug-likeness (QED) is 0.144. The minimum atomic E-state index is -3.68. The fourth-order valence-electron chi connectivity index (χ4n) is 23.0. The number of anilines is 6. The first-order chi connectivity index (χ1) is 71.7. The van der Waals surface area contributed by atoms with Gasteiger partial charge in [-0.2, -0.15) is 0 Å². The van der Waals surface area contributed by atoms with Gasteiger partial charge in [-0.15, -0.1) is 0 Å². The lowest BCUT2D eigenvalue weighted by Gasteiger charge is -2.33. The standard InChI is InChI=1S/C49H28N6.C38H23N5O2S.C38H23N5O/c1-2-12-32-29(11-1)21-26-37-46(32)36-25-23-31(28-45(36)53-42-19-9-6-16-39(42)51-48(37)53)30-22-24-34-33-13-4-8-18-41(33)54(44(34)27-30)49-52-38-15-5-3-14-35(38)47-50-40-17-7-10-20-43(40)55(47)49;44-46(45)35-19-9-7-17-32(35)41(33-18-8-10-20-36(33)46)24-21-22-26-25-11-2-5-15-30(25)42(34(26)23-24)38-40-28-13-3-1-12-27(28)37-39-29-14-4-6-16-31(29)43(37)38;1-3-13-28-27(12-1)37-39-29-14-4-6-16-31(29)43(37)38(40-28)42-30-15-5-2-11-25(30)26-22-21-24(23-34(26)42)41-32-17-7-9-19-35(32)44-36-20-10-8-18-33(36)41/h1-28H;1-23H;1-23H. The molecule has 0 N–H and O–H groups in total. The van der Waals surface area contributed by atoms with Crippen molar-refractivity contribution in [2.45, 2.75) is 9.79 Å². The summed E-state index contributed by atoms with van der Waals surface area (Å²) in [6.45, 7) is 0. The molecule has 20 heteroatoms. The predicted octanol–water partition coefficient (Wildman–Crippen LogP) is 30.5. The number of pyridine rings is 1. The average molecular weight is 1880 g/mol. The van der Waals surface area contributed by atoms with E-state index in [2.05, 4.69) is 346 Å². The fraction of sp³-hybridized carbons (Fsp3) is 0. The lowest BCUT2D eigenvalue weighted by molar-refractivity contribution is 0.477. The molecule has 0 saturated heterocycles. The number of rotatable bonds is 6. The molecule has 19 nitrogen and oxygen atoms in total. The Hall–Kier alpha value is -19.7. The van der Waals surface area contributed by atoms with Crippen LogP contribution in [0.3, 0.4) is 0 Å². The van der Waals surface area contributed by atoms with Crippen LogP contribution >= 0.6 is 0 Å². The molecule has 20 aromatic carbocycles. The number of para-hydroxylation sites is 20. The minimum absolute atomic E-state index is 0.289. The summed E-state index contributed by atoms with van der Waals surface area (Å²) in [6.07, 6.45) is 0. The molecule has 31 aromatic rings. The number of benzene rings is 20. The van der Waals surface area contributed by atoms with Gasteiger partial charge in [-0.05, 0) is 216 Å². The van der Waals surface area contributed by atoms with E-state index in [9.17, 15) is 8.42 Å². The highest BCUT2D eigenvalue weighted by atomic mass is 32.2. The number of hydrogen-bond acceptors (Lipinski definition) is 12. The van der Waals surface area contributed by atoms with Crippen molar-refractivity contribution in [1.29, 1.82) is 0 Å². The smallest absolute Gasteiger partial charge is 0.221 e. The summed E-state index contributed by atoms with van der Waals surface area (Å²) in [7, 11) is -3.68. The van der Waals surface area contributed by atoms with Crippen molar-refractivity contribution in [3.8, 4) is 40.5 Å². The van der Waals surface area contributed by atoms with Gasteiger partial charge in [0.15, 0.2) is 11.5 Å². The molecule has 678 valence electrons. The van der Waals surface area contributed by atoms with E-state index in [1.165, 1.54) is 37.7 Å². The van der Waals surface area contributed by atoms with Gasteiger partial charge >= 0.3 is 0 Å². The summed E-state index contributed by atoms with van der Waals surface area (Å²) >= 11 is 0. The molecular weight excluding hydrogens is 1810 g/mol. The lowest BCUT2D eigenvalue weighted by Crippen LogP contribution is -2.22. The van der Waals surface area contributed by atoms with Gasteiger partial charge in [0.05, 0.1) is 132 Å². The third-order valence-corrected chi connectivity index (χ3v) is 31.1. The van der Waals surface area contributed by atoms with Crippen molar-refractivity contribution in [3.05, 3.63) is 449 Å². The molecular formula is C125H74N16O3S. The first kappa shape index (κ1) is 80.3. The Morgan fingerprint density at radius 2 is 0.497 bits per heavy atom. The van der Waals surface area contributed by atoms with Gasteiger partial charge < -0.3 is 14.5 Å². The zero-order valence-electron chi connectivity index (χ0n) is 77.0. The maximum atomic E-state index is 13.7. The molecule has 0 radical (unpaired) electrons. The first-order valence-electron chi connectivity index (χ1n) is 48.3. The number of ether oxygens (including phenoxy) is 1. The molecule has 11 aromatic heterocycles. The van der Waals surface area contributed by atoms with Crippen molar-refractivity contribution in [1.82, 2.24) is 66.2 Å². The number of imidazole rings is 4. The van der Waals surface area contributed by atoms with E-state index < -0.39 is 9.84 Å². The second-order valence-electron chi connectivity index (χ2n) is 37.1. The highest BCUT2D eigenvalue weighted by Gasteiger charge is 2.37. The molecule has 0 amide bonds. The number of fused-ring (bicyclic) bond motifs is 38. The van der Waals surface area contributed by atoms with Crippen molar-refractivity contribution < 1.29 is 13.2 Å². The Labute approximate surface area is 823 Å². The van der Waals surface area contributed by atoms with Gasteiger partial charge in [0, 0.05) is 76.0 Å². The fourth-order valence-corrected chi connectivity index (χ4v) is 24.6.